The van der Waals surface area contributed by atoms with Crippen molar-refractivity contribution in [1.82, 2.24) is 10.3 Å². The minimum absolute atomic E-state index is 0.176. The van der Waals surface area contributed by atoms with E-state index in [-0.39, 0.29) is 5.91 Å². The van der Waals surface area contributed by atoms with E-state index in [0.717, 1.165) is 11.3 Å². The molecule has 0 saturated heterocycles. The number of hydrogen-bond donors (Lipinski definition) is 2. The first-order chi connectivity index (χ1) is 12.2. The van der Waals surface area contributed by atoms with Crippen molar-refractivity contribution in [3.63, 3.8) is 0 Å². The van der Waals surface area contributed by atoms with Crippen molar-refractivity contribution in [3.8, 4) is 0 Å². The lowest BCUT2D eigenvalue weighted by molar-refractivity contribution is 0.0946. The summed E-state index contributed by atoms with van der Waals surface area (Å²) in [6.07, 6.45) is 1.65. The number of nitrogens with zero attached hydrogens (tertiary/aromatic N) is 1. The van der Waals surface area contributed by atoms with Crippen LogP contribution in [0.1, 0.15) is 27.2 Å². The summed E-state index contributed by atoms with van der Waals surface area (Å²) in [5.41, 5.74) is 4.72. The van der Waals surface area contributed by atoms with Gasteiger partial charge in [0.15, 0.2) is 0 Å². The molecule has 2 aromatic carbocycles. The Hall–Kier alpha value is -3.14. The fraction of sp³-hybridized carbons (Fsp3) is 0.143. The van der Waals surface area contributed by atoms with Crippen LogP contribution in [-0.2, 0) is 13.1 Å². The van der Waals surface area contributed by atoms with Crippen molar-refractivity contribution in [3.05, 3.63) is 95.3 Å². The number of hydrogen-bond acceptors (Lipinski definition) is 3. The maximum absolute atomic E-state index is 12.3. The van der Waals surface area contributed by atoms with Gasteiger partial charge in [-0.2, -0.15) is 0 Å². The molecule has 126 valence electrons. The molecule has 1 heterocycles. The van der Waals surface area contributed by atoms with Gasteiger partial charge in [0, 0.05) is 25.0 Å². The lowest BCUT2D eigenvalue weighted by Crippen LogP contribution is -2.23. The van der Waals surface area contributed by atoms with Crippen LogP contribution in [0.5, 0.6) is 0 Å². The second-order valence-corrected chi connectivity index (χ2v) is 5.94. The Morgan fingerprint density at radius 3 is 2.52 bits per heavy atom. The van der Waals surface area contributed by atoms with Gasteiger partial charge in [-0.3, -0.25) is 9.78 Å². The minimum atomic E-state index is -0.176. The quantitative estimate of drug-likeness (QED) is 0.719. The van der Waals surface area contributed by atoms with Crippen molar-refractivity contribution in [1.29, 1.82) is 0 Å². The number of anilines is 1. The molecule has 0 fully saturated rings. The first kappa shape index (κ1) is 16.7. The summed E-state index contributed by atoms with van der Waals surface area (Å²) in [5, 5.41) is 6.23. The van der Waals surface area contributed by atoms with Crippen molar-refractivity contribution in [2.45, 2.75) is 20.0 Å². The second kappa shape index (κ2) is 8.11. The molecule has 2 N–H and O–H groups in total. The van der Waals surface area contributed by atoms with Crippen LogP contribution in [0.2, 0.25) is 0 Å². The van der Waals surface area contributed by atoms with E-state index in [1.54, 1.807) is 12.3 Å². The highest BCUT2D eigenvalue weighted by molar-refractivity contribution is 5.93. The number of nitrogens with one attached hydrogen (secondary N) is 2. The molecule has 0 unspecified atom stereocenters. The largest absolute Gasteiger partial charge is 0.381 e. The third-order valence-corrected chi connectivity index (χ3v) is 3.87. The molecule has 25 heavy (non-hydrogen) atoms. The van der Waals surface area contributed by atoms with Gasteiger partial charge in [0.2, 0.25) is 0 Å². The second-order valence-electron chi connectivity index (χ2n) is 5.94. The minimum Gasteiger partial charge on any atom is -0.381 e. The Bertz CT molecular complexity index is 847. The van der Waals surface area contributed by atoms with Crippen LogP contribution in [0.3, 0.4) is 0 Å². The first-order valence-electron chi connectivity index (χ1n) is 8.28. The van der Waals surface area contributed by atoms with Gasteiger partial charge in [0.05, 0.1) is 0 Å². The number of amides is 1. The van der Waals surface area contributed by atoms with Crippen LogP contribution in [0.15, 0.2) is 72.9 Å². The van der Waals surface area contributed by atoms with Gasteiger partial charge in [-0.1, -0.05) is 60.2 Å². The number of carbonyl (C=O) groups is 1. The monoisotopic (exact) mass is 331 g/mol. The third kappa shape index (κ3) is 4.91. The highest BCUT2D eigenvalue weighted by Crippen LogP contribution is 2.11. The topological polar surface area (TPSA) is 54.0 Å². The zero-order valence-electron chi connectivity index (χ0n) is 14.2. The zero-order valence-corrected chi connectivity index (χ0v) is 14.2. The number of pyridine rings is 1. The summed E-state index contributed by atoms with van der Waals surface area (Å²) in [6.45, 7) is 3.23. The number of benzene rings is 2. The molecule has 3 rings (SSSR count). The molecular weight excluding hydrogens is 310 g/mol. The smallest absolute Gasteiger partial charge is 0.270 e. The normalized spacial score (nSPS) is 10.3. The van der Waals surface area contributed by atoms with E-state index < -0.39 is 0 Å². The molecule has 0 radical (unpaired) electrons. The van der Waals surface area contributed by atoms with Crippen LogP contribution in [0.4, 0.5) is 5.69 Å². The predicted molar refractivity (Wildman–Crippen MR) is 100 cm³/mol. The van der Waals surface area contributed by atoms with Crippen LogP contribution in [0.25, 0.3) is 0 Å². The molecule has 0 aliphatic carbocycles. The molecule has 0 aliphatic rings. The van der Waals surface area contributed by atoms with Crippen molar-refractivity contribution in [2.24, 2.45) is 0 Å². The van der Waals surface area contributed by atoms with Gasteiger partial charge in [0.1, 0.15) is 5.69 Å². The molecule has 3 aromatic rings. The van der Waals surface area contributed by atoms with Crippen molar-refractivity contribution < 1.29 is 4.79 Å². The van der Waals surface area contributed by atoms with E-state index in [4.69, 9.17) is 0 Å². The Morgan fingerprint density at radius 1 is 0.920 bits per heavy atom. The highest BCUT2D eigenvalue weighted by atomic mass is 16.1. The van der Waals surface area contributed by atoms with Gasteiger partial charge in [-0.05, 0) is 30.2 Å². The zero-order chi connectivity index (χ0) is 17.5. The Labute approximate surface area is 147 Å². The average molecular weight is 331 g/mol. The van der Waals surface area contributed by atoms with Crippen molar-refractivity contribution >= 4 is 11.6 Å². The third-order valence-electron chi connectivity index (χ3n) is 3.87. The van der Waals surface area contributed by atoms with Crippen LogP contribution in [-0.4, -0.2) is 10.9 Å². The molecule has 0 aliphatic heterocycles. The SMILES string of the molecule is Cc1cccc(CNC(=O)c2cc(NCc3ccccc3)ccn2)c1. The lowest BCUT2D eigenvalue weighted by Gasteiger charge is -2.09. The Kier molecular flexibility index (Phi) is 5.42. The Morgan fingerprint density at radius 2 is 1.72 bits per heavy atom. The van der Waals surface area contributed by atoms with E-state index in [2.05, 4.69) is 33.8 Å². The van der Waals surface area contributed by atoms with Gasteiger partial charge in [0.25, 0.3) is 5.91 Å². The van der Waals surface area contributed by atoms with E-state index in [1.165, 1.54) is 11.1 Å². The lowest BCUT2D eigenvalue weighted by atomic mass is 10.1. The van der Waals surface area contributed by atoms with Gasteiger partial charge < -0.3 is 10.6 Å². The number of aryl methyl sites for hydroxylation is 1. The van der Waals surface area contributed by atoms with Gasteiger partial charge in [-0.25, -0.2) is 0 Å². The number of carbonyl (C=O) groups excluding carboxylic acids is 1. The van der Waals surface area contributed by atoms with E-state index in [0.29, 0.717) is 18.8 Å². The number of aromatic nitrogens is 1. The summed E-state index contributed by atoms with van der Waals surface area (Å²) >= 11 is 0. The van der Waals surface area contributed by atoms with E-state index >= 15 is 0 Å². The first-order valence-corrected chi connectivity index (χ1v) is 8.28. The molecular formula is C21H21N3O. The summed E-state index contributed by atoms with van der Waals surface area (Å²) < 4.78 is 0. The van der Waals surface area contributed by atoms with E-state index in [1.807, 2.05) is 49.4 Å². The average Bonchev–Trinajstić information content (AvgIpc) is 2.65. The van der Waals surface area contributed by atoms with Crippen LogP contribution in [0, 0.1) is 6.92 Å². The fourth-order valence-electron chi connectivity index (χ4n) is 2.56. The van der Waals surface area contributed by atoms with E-state index in [9.17, 15) is 4.79 Å². The summed E-state index contributed by atoms with van der Waals surface area (Å²) in [4.78, 5) is 16.5. The molecule has 1 aromatic heterocycles. The summed E-state index contributed by atoms with van der Waals surface area (Å²) in [7, 11) is 0. The van der Waals surface area contributed by atoms with Gasteiger partial charge in [-0.15, -0.1) is 0 Å². The van der Waals surface area contributed by atoms with Crippen LogP contribution >= 0.6 is 0 Å². The molecule has 4 heteroatoms. The molecule has 0 spiro atoms. The van der Waals surface area contributed by atoms with Gasteiger partial charge >= 0.3 is 0 Å². The standard InChI is InChI=1S/C21H21N3O/c1-16-6-5-9-18(12-16)15-24-21(25)20-13-19(10-11-22-20)23-14-17-7-3-2-4-8-17/h2-13H,14-15H2,1H3,(H,22,23)(H,24,25). The summed E-state index contributed by atoms with van der Waals surface area (Å²) in [6, 6.07) is 21.8. The maximum atomic E-state index is 12.3. The molecule has 4 nitrogen and oxygen atoms in total. The van der Waals surface area contributed by atoms with Crippen molar-refractivity contribution in [2.75, 3.05) is 5.32 Å². The predicted octanol–water partition coefficient (Wildman–Crippen LogP) is 3.93. The summed E-state index contributed by atoms with van der Waals surface area (Å²) in [5.74, 6) is -0.176. The maximum Gasteiger partial charge on any atom is 0.270 e. The highest BCUT2D eigenvalue weighted by Gasteiger charge is 2.08. The molecule has 0 atom stereocenters. The molecule has 0 bridgehead atoms. The number of rotatable bonds is 6. The Balaban J connectivity index is 1.59. The molecule has 1 amide bonds. The fourth-order valence-corrected chi connectivity index (χ4v) is 2.56. The molecule has 0 saturated carbocycles. The van der Waals surface area contributed by atoms with Crippen LogP contribution < -0.4 is 10.6 Å².